The Labute approximate surface area is 745 Å². The first-order chi connectivity index (χ1) is 60.8. The number of phenolic OH excluding ortho intramolecular Hbond substituents is 3. The lowest BCUT2D eigenvalue weighted by molar-refractivity contribution is -0.299. The fourth-order valence-corrected chi connectivity index (χ4v) is 17.2. The van der Waals surface area contributed by atoms with Gasteiger partial charge in [0.2, 0.25) is 47.8 Å². The van der Waals surface area contributed by atoms with Crippen LogP contribution in [0.1, 0.15) is 174 Å². The number of terminal acetylenes is 1. The van der Waals surface area contributed by atoms with E-state index in [0.29, 0.717) is 12.0 Å². The molecule has 690 valence electrons. The summed E-state index contributed by atoms with van der Waals surface area (Å²) in [7, 11) is 0. The van der Waals surface area contributed by atoms with Gasteiger partial charge >= 0.3 is 0 Å². The van der Waals surface area contributed by atoms with Crippen LogP contribution in [0.3, 0.4) is 0 Å². The van der Waals surface area contributed by atoms with Crippen molar-refractivity contribution in [3.63, 3.8) is 0 Å². The van der Waals surface area contributed by atoms with Gasteiger partial charge in [0.1, 0.15) is 108 Å². The van der Waals surface area contributed by atoms with Crippen LogP contribution in [0.5, 0.6) is 46.0 Å². The van der Waals surface area contributed by atoms with E-state index in [1.165, 1.54) is 24.3 Å². The lowest BCUT2D eigenvalue weighted by atomic mass is 9.73. The summed E-state index contributed by atoms with van der Waals surface area (Å²) >= 11 is 14.5. The van der Waals surface area contributed by atoms with E-state index >= 15 is 24.0 Å². The van der Waals surface area contributed by atoms with Gasteiger partial charge in [0.15, 0.2) is 28.8 Å². The van der Waals surface area contributed by atoms with E-state index in [0.717, 1.165) is 54.1 Å². The quantitative estimate of drug-likeness (QED) is 0.0182. The highest BCUT2D eigenvalue weighted by atomic mass is 35.5. The highest BCUT2D eigenvalue weighted by molar-refractivity contribution is 6.32. The number of rotatable bonds is 29. The van der Waals surface area contributed by atoms with Crippen molar-refractivity contribution in [2.75, 3.05) is 19.8 Å². The molecule has 36 nitrogen and oxygen atoms in total. The maximum Gasteiger partial charge on any atom is 0.295 e. The summed E-state index contributed by atoms with van der Waals surface area (Å²) in [6.07, 6.45) is -22.8. The molecule has 6 aromatic rings. The number of hydrogen-bond acceptors (Lipinski definition) is 31. The Morgan fingerprint density at radius 3 is 2.02 bits per heavy atom. The number of carbonyl (C=O) groups excluding carboxylic acids is 9. The number of amides is 5. The summed E-state index contributed by atoms with van der Waals surface area (Å²) in [4.78, 5) is 132. The first-order valence-corrected chi connectivity index (χ1v) is 42.6. The molecule has 2 fully saturated rings. The standard InChI is InChI=1S/C90H107Cl2N7O29/c1-7-42-12-14-43(15-13-42)35-95-90(6)34-50(24-41(5)83(90)118)124-82-80(117)78(115)67(38-101)127-89(82)128-81-65-29-48-30-66(81)126-64-21-18-47(27-56(64)92)74(111)72-87(122)99-88(123-39-102)53-33-59(105)54(36-94-22-10-9-11-58(104)76(113)79(116)77(114)62(108)37-100)75(112)69(53)52-25-45(16-19-57(52)103)51(86(121)98-72)32-61(107)70(48)96-85(120)49(31-68(93)109)28-60(106)71(97-84(119)44(8-2)23-40(3)4)73(110)46-17-20-63(125-65)55(91)26-46/h1,12-21,25-27,29-30,33,39-41,44,49-51,62,67,70-74,76-80,82-83,88-89,94-95,100-101,103,105,108,110-118H,8-11,22-24,28,31-32,34-38H2,2-6H3,(H2,93,109)(H,96,120)(H,97,119)(H,98,121)(H,99,122)/t41-,44-,49+,50-,51+,62-,67-,70-,71+,72+,73-,74-,76+,77-,78?,79-,80?,82-,83-,88-,89+,90?/m1/s1. The Hall–Kier alpha value is -10.5. The van der Waals surface area contributed by atoms with Crippen molar-refractivity contribution in [2.45, 2.75) is 227 Å². The van der Waals surface area contributed by atoms with E-state index < -0.39 is 281 Å². The van der Waals surface area contributed by atoms with Gasteiger partial charge in [-0.15, -0.1) is 6.42 Å². The molecule has 1 aliphatic carbocycles. The summed E-state index contributed by atoms with van der Waals surface area (Å²) in [5.74, 6) is -16.4. The Kier molecular flexibility index (Phi) is 32.8. The van der Waals surface area contributed by atoms with Gasteiger partial charge in [-0.05, 0) is 158 Å². The zero-order valence-corrected chi connectivity index (χ0v) is 71.9. The highest BCUT2D eigenvalue weighted by Gasteiger charge is 2.52. The molecule has 128 heavy (non-hydrogen) atoms. The number of primary amides is 1. The summed E-state index contributed by atoms with van der Waals surface area (Å²) in [6.45, 7) is 6.72. The summed E-state index contributed by atoms with van der Waals surface area (Å²) in [5.41, 5.74) is 3.40. The molecule has 0 spiro atoms. The second-order valence-corrected chi connectivity index (χ2v) is 34.4. The van der Waals surface area contributed by atoms with Crippen LogP contribution < -0.4 is 51.8 Å². The topological polar surface area (TPSA) is 590 Å². The molecule has 13 rings (SSSR count). The minimum atomic E-state index is -2.27. The zero-order chi connectivity index (χ0) is 93.2. The maximum absolute atomic E-state index is 16.6. The highest BCUT2D eigenvalue weighted by Crippen LogP contribution is 2.52. The van der Waals surface area contributed by atoms with Gasteiger partial charge in [0.25, 0.3) is 6.47 Å². The first-order valence-electron chi connectivity index (χ1n) is 41.8. The number of fused-ring (bicyclic) bond motifs is 15. The minimum absolute atomic E-state index is 0.00670. The average Bonchev–Trinajstić information content (AvgIpc) is 0.754. The monoisotopic (exact) mass is 1820 g/mol. The third-order valence-electron chi connectivity index (χ3n) is 24.0. The van der Waals surface area contributed by atoms with E-state index in [4.69, 9.17) is 63.8 Å². The number of aliphatic hydroxyl groups is 11. The van der Waals surface area contributed by atoms with Crippen molar-refractivity contribution >= 4 is 76.6 Å². The molecule has 22 N–H and O–H groups in total. The molecule has 22 atom stereocenters. The predicted molar refractivity (Wildman–Crippen MR) is 454 cm³/mol. The molecular weight excluding hydrogens is 1710 g/mol. The molecule has 0 aromatic heterocycles. The summed E-state index contributed by atoms with van der Waals surface area (Å²) in [6, 6.07) is 14.3. The van der Waals surface area contributed by atoms with Crippen LogP contribution in [0.4, 0.5) is 0 Å². The van der Waals surface area contributed by atoms with Crippen molar-refractivity contribution < 1.29 is 143 Å². The molecule has 5 amide bonds. The van der Waals surface area contributed by atoms with Gasteiger partial charge in [-0.3, -0.25) is 43.2 Å². The van der Waals surface area contributed by atoms with Crippen LogP contribution in [-0.4, -0.2) is 230 Å². The van der Waals surface area contributed by atoms with Crippen LogP contribution in [0.2, 0.25) is 10.0 Å². The van der Waals surface area contributed by atoms with E-state index in [-0.39, 0.29) is 103 Å². The van der Waals surface area contributed by atoms with Crippen LogP contribution >= 0.6 is 23.2 Å². The van der Waals surface area contributed by atoms with Crippen LogP contribution in [0.25, 0.3) is 11.1 Å². The molecule has 11 bridgehead atoms. The molecule has 0 radical (unpaired) electrons. The van der Waals surface area contributed by atoms with Crippen molar-refractivity contribution in [3.05, 3.63) is 152 Å². The van der Waals surface area contributed by atoms with Gasteiger partial charge in [-0.1, -0.05) is 87.1 Å². The number of aliphatic hydroxyl groups excluding tert-OH is 11. The fourth-order valence-electron chi connectivity index (χ4n) is 16.8. The number of ether oxygens (including phenoxy) is 6. The zero-order valence-electron chi connectivity index (χ0n) is 70.4. The minimum Gasteiger partial charge on any atom is -0.507 e. The Morgan fingerprint density at radius 2 is 1.41 bits per heavy atom. The van der Waals surface area contributed by atoms with E-state index in [1.807, 2.05) is 26.0 Å². The first kappa shape index (κ1) is 98.1. The molecule has 6 aliphatic heterocycles. The normalized spacial score (nSPS) is 26.8. The number of unbranched alkanes of at least 4 members (excludes halogenated alkanes) is 1. The molecule has 6 aromatic carbocycles. The van der Waals surface area contributed by atoms with E-state index in [9.17, 15) is 90.7 Å². The SMILES string of the molecule is C#Cc1ccc(CNC2(C)C[C@H](O[C@@H]3C(O)C(O)[C@@H](CO)O[C@H]3Oc3c4cc5cc3Oc3ccc(cc3Cl)[C@@H](O)[C@@H](NC(=O)[C@H](CC)CC(C)C)C(=O)C[C@@H](CC(N)=O)C(=O)N[C@H]5C(=O)C[C@@H]3C(=O)N[C@H](C(=O)N[C@H](OC=O)c5cc(O)c(CNCCCCC(=O)[C@H](O)[C@@H](O)[C@H](O)[C@H](O)CO)c(O)c5-c5cc3ccc5O)[C@H](O)c3ccc(c(Cl)c3)O4)C[C@@H](C)[C@H]2O)cc1. The Bertz CT molecular complexity index is 5120. The second-order valence-electron chi connectivity index (χ2n) is 33.6. The van der Waals surface area contributed by atoms with Gasteiger partial charge in [0, 0.05) is 72.5 Å². The van der Waals surface area contributed by atoms with Crippen molar-refractivity contribution in [1.29, 1.82) is 0 Å². The van der Waals surface area contributed by atoms with Crippen LogP contribution in [0.15, 0.2) is 97.1 Å². The van der Waals surface area contributed by atoms with Crippen LogP contribution in [0, 0.1) is 36.0 Å². The average molecular weight is 1820 g/mol. The molecule has 6 heterocycles. The van der Waals surface area contributed by atoms with Gasteiger partial charge in [0.05, 0.1) is 52.9 Å². The Morgan fingerprint density at radius 1 is 0.750 bits per heavy atom. The number of halogens is 2. The van der Waals surface area contributed by atoms with E-state index in [2.05, 4.69) is 37.8 Å². The smallest absolute Gasteiger partial charge is 0.295 e. The number of hydrogen-bond donors (Lipinski definition) is 21. The third-order valence-corrected chi connectivity index (χ3v) is 24.5. The number of phenols is 3. The van der Waals surface area contributed by atoms with Gasteiger partial charge < -0.3 is 138 Å². The number of Topliss-reactive ketones (excluding diaryl/α,β-unsaturated/α-hetero) is 3. The molecule has 38 heteroatoms. The number of aromatic hydroxyl groups is 3. The number of ketones is 3. The fraction of sp³-hybridized carbons (Fsp3) is 0.478. The number of nitrogens with one attached hydrogen (secondary N) is 6. The van der Waals surface area contributed by atoms with Crippen molar-refractivity contribution in [1.82, 2.24) is 31.9 Å². The number of carbonyl (C=O) groups is 9. The molecular formula is C90H107Cl2N7O29. The predicted octanol–water partition coefficient (Wildman–Crippen LogP) is 3.31. The van der Waals surface area contributed by atoms with Crippen LogP contribution in [-0.2, 0) is 70.5 Å². The van der Waals surface area contributed by atoms with Gasteiger partial charge in [-0.25, -0.2) is 0 Å². The third kappa shape index (κ3) is 22.5. The summed E-state index contributed by atoms with van der Waals surface area (Å²) < 4.78 is 39.2. The largest absolute Gasteiger partial charge is 0.507 e. The van der Waals surface area contributed by atoms with E-state index in [1.54, 1.807) is 32.9 Å². The Balaban J connectivity index is 1.09. The van der Waals surface area contributed by atoms with Crippen molar-refractivity contribution in [3.8, 4) is 69.5 Å². The van der Waals surface area contributed by atoms with Crippen molar-refractivity contribution in [2.24, 2.45) is 29.4 Å². The maximum atomic E-state index is 16.6. The molecule has 1 saturated heterocycles. The number of nitrogens with two attached hydrogens (primary N) is 1. The number of benzene rings is 6. The molecule has 3 unspecified atom stereocenters. The second kappa shape index (κ2) is 42.8. The molecule has 1 saturated carbocycles. The van der Waals surface area contributed by atoms with Gasteiger partial charge in [-0.2, -0.15) is 0 Å². The summed E-state index contributed by atoms with van der Waals surface area (Å²) in [5, 5.41) is 174. The molecule has 7 aliphatic rings. The lowest BCUT2D eigenvalue weighted by Crippen LogP contribution is -2.64. The lowest BCUT2D eigenvalue weighted by Gasteiger charge is -2.48.